The van der Waals surface area contributed by atoms with E-state index >= 15 is 0 Å². The van der Waals surface area contributed by atoms with Crippen molar-refractivity contribution in [3.05, 3.63) is 72.9 Å². The lowest BCUT2D eigenvalue weighted by Gasteiger charge is -2.09. The van der Waals surface area contributed by atoms with E-state index in [-0.39, 0.29) is 12.5 Å². The number of hydrogen-bond acceptors (Lipinski definition) is 4. The summed E-state index contributed by atoms with van der Waals surface area (Å²) in [6.45, 7) is 0.892. The van der Waals surface area contributed by atoms with Crippen LogP contribution < -0.4 is 10.1 Å². The van der Waals surface area contributed by atoms with Crippen LogP contribution in [0.4, 0.5) is 5.69 Å². The van der Waals surface area contributed by atoms with Gasteiger partial charge in [-0.2, -0.15) is 5.10 Å². The molecule has 0 radical (unpaired) electrons. The van der Waals surface area contributed by atoms with Crippen molar-refractivity contribution < 1.29 is 9.53 Å². The molecule has 0 saturated carbocycles. The molecule has 1 amide bonds. The van der Waals surface area contributed by atoms with Gasteiger partial charge in [-0.05, 0) is 42.0 Å². The number of ether oxygens (including phenoxy) is 1. The van der Waals surface area contributed by atoms with Crippen LogP contribution in [0.1, 0.15) is 5.56 Å². The van der Waals surface area contributed by atoms with Crippen molar-refractivity contribution in [2.45, 2.75) is 13.1 Å². The predicted molar refractivity (Wildman–Crippen MR) is 103 cm³/mol. The third-order valence-electron chi connectivity index (χ3n) is 4.34. The number of aromatic nitrogens is 4. The van der Waals surface area contributed by atoms with Gasteiger partial charge in [-0.3, -0.25) is 4.79 Å². The second-order valence-electron chi connectivity index (χ2n) is 6.21. The van der Waals surface area contributed by atoms with Crippen LogP contribution in [0.5, 0.6) is 5.75 Å². The first-order chi connectivity index (χ1) is 13.2. The topological polar surface area (TPSA) is 74.0 Å². The number of amides is 1. The minimum absolute atomic E-state index is 0.0765. The van der Waals surface area contributed by atoms with E-state index in [0.29, 0.717) is 6.54 Å². The van der Waals surface area contributed by atoms with E-state index in [1.165, 1.54) is 6.33 Å². The van der Waals surface area contributed by atoms with E-state index < -0.39 is 0 Å². The summed E-state index contributed by atoms with van der Waals surface area (Å²) in [6.07, 6.45) is 5.09. The van der Waals surface area contributed by atoms with Crippen molar-refractivity contribution >= 4 is 22.5 Å². The lowest BCUT2D eigenvalue weighted by molar-refractivity contribution is -0.116. The van der Waals surface area contributed by atoms with Crippen molar-refractivity contribution in [2.75, 3.05) is 12.4 Å². The largest absolute Gasteiger partial charge is 0.497 e. The fourth-order valence-electron chi connectivity index (χ4n) is 2.99. The van der Waals surface area contributed by atoms with Gasteiger partial charge >= 0.3 is 0 Å². The van der Waals surface area contributed by atoms with Gasteiger partial charge in [0.15, 0.2) is 0 Å². The van der Waals surface area contributed by atoms with Crippen LogP contribution in [-0.4, -0.2) is 32.3 Å². The van der Waals surface area contributed by atoms with Crippen molar-refractivity contribution in [3.8, 4) is 5.75 Å². The molecule has 0 saturated heterocycles. The van der Waals surface area contributed by atoms with Gasteiger partial charge < -0.3 is 14.6 Å². The third kappa shape index (κ3) is 3.82. The van der Waals surface area contributed by atoms with E-state index in [2.05, 4.69) is 15.4 Å². The molecule has 4 rings (SSSR count). The molecule has 136 valence electrons. The monoisotopic (exact) mass is 361 g/mol. The summed E-state index contributed by atoms with van der Waals surface area (Å²) >= 11 is 0. The number of methoxy groups -OCH3 is 1. The Morgan fingerprint density at radius 2 is 2.00 bits per heavy atom. The fraction of sp³-hybridized carbons (Fsp3) is 0.150. The van der Waals surface area contributed by atoms with E-state index in [1.807, 2.05) is 59.3 Å². The molecule has 1 N–H and O–H groups in total. The van der Waals surface area contributed by atoms with Crippen LogP contribution >= 0.6 is 0 Å². The molecule has 27 heavy (non-hydrogen) atoms. The lowest BCUT2D eigenvalue weighted by Crippen LogP contribution is -2.18. The highest BCUT2D eigenvalue weighted by molar-refractivity contribution is 5.92. The molecule has 0 atom stereocenters. The number of fused-ring (bicyclic) bond motifs is 1. The van der Waals surface area contributed by atoms with Gasteiger partial charge in [0.05, 0.1) is 13.7 Å². The molecule has 0 aliphatic carbocycles. The zero-order chi connectivity index (χ0) is 18.6. The van der Waals surface area contributed by atoms with Crippen molar-refractivity contribution in [1.29, 1.82) is 0 Å². The third-order valence-corrected chi connectivity index (χ3v) is 4.34. The van der Waals surface area contributed by atoms with Crippen LogP contribution in [0, 0.1) is 0 Å². The molecule has 2 aromatic carbocycles. The normalized spacial score (nSPS) is 10.9. The van der Waals surface area contributed by atoms with Crippen molar-refractivity contribution in [1.82, 2.24) is 19.3 Å². The minimum atomic E-state index is -0.0765. The Bertz CT molecular complexity index is 1050. The molecule has 0 bridgehead atoms. The molecule has 2 aromatic heterocycles. The highest BCUT2D eigenvalue weighted by Crippen LogP contribution is 2.22. The molecule has 0 unspecified atom stereocenters. The average Bonchev–Trinajstić information content (AvgIpc) is 3.33. The van der Waals surface area contributed by atoms with Gasteiger partial charge in [0.2, 0.25) is 5.91 Å². The summed E-state index contributed by atoms with van der Waals surface area (Å²) < 4.78 is 8.91. The van der Waals surface area contributed by atoms with Gasteiger partial charge in [0, 0.05) is 22.8 Å². The van der Waals surface area contributed by atoms with Gasteiger partial charge in [0.25, 0.3) is 0 Å². The average molecular weight is 361 g/mol. The standard InChI is InChI=1S/C20H19N5O2/c1-27-18-6-7-19-16(10-18)8-9-24(19)12-20(26)23-17-4-2-15(3-5-17)11-25-14-21-13-22-25/h2-10,13-14H,11-12H2,1H3,(H,23,26). The maximum Gasteiger partial charge on any atom is 0.244 e. The Morgan fingerprint density at radius 3 is 2.74 bits per heavy atom. The van der Waals surface area contributed by atoms with E-state index in [9.17, 15) is 4.79 Å². The fourth-order valence-corrected chi connectivity index (χ4v) is 2.99. The Balaban J connectivity index is 1.40. The first kappa shape index (κ1) is 16.8. The molecule has 0 fully saturated rings. The second kappa shape index (κ2) is 7.33. The maximum atomic E-state index is 12.4. The maximum absolute atomic E-state index is 12.4. The summed E-state index contributed by atoms with van der Waals surface area (Å²) in [5.74, 6) is 0.725. The first-order valence-corrected chi connectivity index (χ1v) is 8.55. The van der Waals surface area contributed by atoms with Crippen LogP contribution in [0.3, 0.4) is 0 Å². The smallest absolute Gasteiger partial charge is 0.244 e. The molecule has 4 aromatic rings. The molecular formula is C20H19N5O2. The van der Waals surface area contributed by atoms with E-state index in [0.717, 1.165) is 27.9 Å². The molecule has 0 spiro atoms. The van der Waals surface area contributed by atoms with Gasteiger partial charge in [-0.1, -0.05) is 12.1 Å². The SMILES string of the molecule is COc1ccc2c(ccn2CC(=O)Nc2ccc(Cn3cncn3)cc2)c1. The van der Waals surface area contributed by atoms with E-state index in [1.54, 1.807) is 18.1 Å². The Kier molecular flexibility index (Phi) is 4.57. The predicted octanol–water partition coefficient (Wildman–Crippen LogP) is 2.93. The van der Waals surface area contributed by atoms with Crippen LogP contribution in [0.2, 0.25) is 0 Å². The molecule has 7 nitrogen and oxygen atoms in total. The quantitative estimate of drug-likeness (QED) is 0.573. The highest BCUT2D eigenvalue weighted by atomic mass is 16.5. The lowest BCUT2D eigenvalue weighted by atomic mass is 10.2. The summed E-state index contributed by atoms with van der Waals surface area (Å²) in [5, 5.41) is 8.06. The van der Waals surface area contributed by atoms with Gasteiger partial charge in [-0.25, -0.2) is 9.67 Å². The highest BCUT2D eigenvalue weighted by Gasteiger charge is 2.08. The Hall–Kier alpha value is -3.61. The van der Waals surface area contributed by atoms with Gasteiger partial charge in [-0.15, -0.1) is 0 Å². The summed E-state index contributed by atoms with van der Waals surface area (Å²) in [5.41, 5.74) is 2.85. The first-order valence-electron chi connectivity index (χ1n) is 8.55. The number of anilines is 1. The van der Waals surface area contributed by atoms with Crippen LogP contribution in [0.25, 0.3) is 10.9 Å². The summed E-state index contributed by atoms with van der Waals surface area (Å²) in [7, 11) is 1.64. The molecular weight excluding hydrogens is 342 g/mol. The molecule has 0 aliphatic heterocycles. The summed E-state index contributed by atoms with van der Waals surface area (Å²) in [6, 6.07) is 15.5. The van der Waals surface area contributed by atoms with Crippen molar-refractivity contribution in [2.24, 2.45) is 0 Å². The van der Waals surface area contributed by atoms with Crippen LogP contribution in [0.15, 0.2) is 67.4 Å². The zero-order valence-corrected chi connectivity index (χ0v) is 14.9. The number of hydrogen-bond donors (Lipinski definition) is 1. The number of rotatable bonds is 6. The van der Waals surface area contributed by atoms with E-state index in [4.69, 9.17) is 4.74 Å². The zero-order valence-electron chi connectivity index (χ0n) is 14.9. The number of nitrogens with zero attached hydrogens (tertiary/aromatic N) is 4. The molecule has 2 heterocycles. The second-order valence-corrected chi connectivity index (χ2v) is 6.21. The number of benzene rings is 2. The van der Waals surface area contributed by atoms with Crippen molar-refractivity contribution in [3.63, 3.8) is 0 Å². The molecule has 7 heteroatoms. The number of carbonyl (C=O) groups is 1. The Labute approximate surface area is 156 Å². The Morgan fingerprint density at radius 1 is 1.15 bits per heavy atom. The number of nitrogens with one attached hydrogen (secondary N) is 1. The molecule has 0 aliphatic rings. The van der Waals surface area contributed by atoms with Crippen LogP contribution in [-0.2, 0) is 17.9 Å². The van der Waals surface area contributed by atoms with Gasteiger partial charge in [0.1, 0.15) is 24.9 Å². The minimum Gasteiger partial charge on any atom is -0.497 e. The number of carbonyl (C=O) groups excluding carboxylic acids is 1. The summed E-state index contributed by atoms with van der Waals surface area (Å²) in [4.78, 5) is 16.3.